The number of carbonyl (C=O) groups is 1. The molecule has 3 rings (SSSR count). The molecule has 31 heavy (non-hydrogen) atoms. The number of aliphatic hydroxyl groups excluding tert-OH is 2. The minimum Gasteiger partial charge on any atom is -0.455 e. The van der Waals surface area contributed by atoms with Gasteiger partial charge in [-0.2, -0.15) is 13.2 Å². The van der Waals surface area contributed by atoms with E-state index in [0.29, 0.717) is 6.07 Å². The minimum absolute atomic E-state index is 0.0536. The van der Waals surface area contributed by atoms with Crippen LogP contribution in [0, 0.1) is 18.6 Å². The molecule has 3 aromatic rings. The Morgan fingerprint density at radius 3 is 2.55 bits per heavy atom. The Bertz CT molecular complexity index is 1110. The topological polar surface area (TPSA) is 94.7 Å². The van der Waals surface area contributed by atoms with Gasteiger partial charge in [-0.15, -0.1) is 0 Å². The summed E-state index contributed by atoms with van der Waals surface area (Å²) in [6.45, 7) is 0.604. The Morgan fingerprint density at radius 2 is 1.90 bits per heavy atom. The molecule has 0 radical (unpaired) electrons. The summed E-state index contributed by atoms with van der Waals surface area (Å²) in [5, 5.41) is 22.3. The van der Waals surface area contributed by atoms with Gasteiger partial charge in [0.2, 0.25) is 0 Å². The molecule has 0 spiro atoms. The third-order valence-electron chi connectivity index (χ3n) is 4.56. The first-order valence-corrected chi connectivity index (χ1v) is 8.92. The molecular weight excluding hydrogens is 427 g/mol. The number of furan rings is 1. The van der Waals surface area contributed by atoms with E-state index < -0.39 is 53.9 Å². The van der Waals surface area contributed by atoms with Gasteiger partial charge in [0.05, 0.1) is 6.61 Å². The maximum absolute atomic E-state index is 13.9. The van der Waals surface area contributed by atoms with Gasteiger partial charge in [-0.1, -0.05) is 12.1 Å². The van der Waals surface area contributed by atoms with E-state index in [2.05, 4.69) is 5.32 Å². The largest absolute Gasteiger partial charge is 0.455 e. The molecule has 0 fully saturated rings. The van der Waals surface area contributed by atoms with Crippen molar-refractivity contribution in [1.29, 1.82) is 0 Å². The van der Waals surface area contributed by atoms with Crippen LogP contribution in [0.25, 0.3) is 11.0 Å². The van der Waals surface area contributed by atoms with Gasteiger partial charge in [0.1, 0.15) is 17.7 Å². The number of benzene rings is 2. The van der Waals surface area contributed by atoms with Gasteiger partial charge in [0, 0.05) is 22.7 Å². The fourth-order valence-electron chi connectivity index (χ4n) is 3.06. The number of rotatable bonds is 5. The van der Waals surface area contributed by atoms with Crippen LogP contribution < -0.4 is 10.6 Å². The summed E-state index contributed by atoms with van der Waals surface area (Å²) in [5.74, 6) is -2.94. The van der Waals surface area contributed by atoms with Crippen molar-refractivity contribution in [3.05, 3.63) is 64.9 Å². The standard InChI is InChI=1S/C20H17F5N2O4/c1-9-13-6-11(21)7-14(22)17(13)31-16(9)18(20(23,24)25)27-19(30)26-12-4-2-3-10(5-12)15(29)8-28/h2-7,15,18,28-29H,8H2,1H3,(H2,26,27,30)/t15-,18?/m1/s1. The van der Waals surface area contributed by atoms with Gasteiger partial charge >= 0.3 is 12.2 Å². The predicted molar refractivity (Wildman–Crippen MR) is 100 cm³/mol. The van der Waals surface area contributed by atoms with Crippen molar-refractivity contribution in [3.63, 3.8) is 0 Å². The zero-order chi connectivity index (χ0) is 22.9. The Morgan fingerprint density at radius 1 is 1.19 bits per heavy atom. The van der Waals surface area contributed by atoms with Crippen molar-refractivity contribution in [2.24, 2.45) is 0 Å². The van der Waals surface area contributed by atoms with Gasteiger partial charge in [-0.3, -0.25) is 0 Å². The highest BCUT2D eigenvalue weighted by Crippen LogP contribution is 2.39. The first kappa shape index (κ1) is 22.5. The molecule has 0 aliphatic rings. The van der Waals surface area contributed by atoms with E-state index in [1.54, 1.807) is 5.32 Å². The number of carbonyl (C=O) groups excluding carboxylic acids is 1. The summed E-state index contributed by atoms with van der Waals surface area (Å²) in [5.41, 5.74) is -0.448. The fraction of sp³-hybridized carbons (Fsp3) is 0.250. The third kappa shape index (κ3) is 4.78. The first-order chi connectivity index (χ1) is 14.5. The molecule has 0 saturated carbocycles. The van der Waals surface area contributed by atoms with Crippen LogP contribution in [-0.4, -0.2) is 29.0 Å². The number of halogens is 5. The molecule has 6 nitrogen and oxygen atoms in total. The second-order valence-electron chi connectivity index (χ2n) is 6.75. The summed E-state index contributed by atoms with van der Waals surface area (Å²) in [4.78, 5) is 12.2. The third-order valence-corrected chi connectivity index (χ3v) is 4.56. The lowest BCUT2D eigenvalue weighted by Crippen LogP contribution is -2.40. The van der Waals surface area contributed by atoms with E-state index in [1.807, 2.05) is 0 Å². The molecular formula is C20H17F5N2O4. The number of nitrogens with one attached hydrogen (secondary N) is 2. The van der Waals surface area contributed by atoms with E-state index in [4.69, 9.17) is 9.52 Å². The lowest BCUT2D eigenvalue weighted by atomic mass is 10.1. The van der Waals surface area contributed by atoms with Gasteiger partial charge < -0.3 is 25.3 Å². The van der Waals surface area contributed by atoms with Crippen LogP contribution in [0.15, 0.2) is 40.8 Å². The molecule has 4 N–H and O–H groups in total. The van der Waals surface area contributed by atoms with Crippen LogP contribution in [0.4, 0.5) is 32.4 Å². The van der Waals surface area contributed by atoms with E-state index in [0.717, 1.165) is 6.07 Å². The van der Waals surface area contributed by atoms with Crippen LogP contribution in [0.2, 0.25) is 0 Å². The van der Waals surface area contributed by atoms with E-state index in [9.17, 15) is 31.9 Å². The molecule has 11 heteroatoms. The monoisotopic (exact) mass is 444 g/mol. The molecule has 2 atom stereocenters. The molecule has 1 heterocycles. The predicted octanol–water partition coefficient (Wildman–Crippen LogP) is 4.47. The average molecular weight is 444 g/mol. The number of anilines is 1. The number of fused-ring (bicyclic) bond motifs is 1. The summed E-state index contributed by atoms with van der Waals surface area (Å²) in [7, 11) is 0. The van der Waals surface area contributed by atoms with E-state index >= 15 is 0 Å². The Hall–Kier alpha value is -3.18. The zero-order valence-electron chi connectivity index (χ0n) is 15.9. The molecule has 1 unspecified atom stereocenters. The molecule has 0 aliphatic carbocycles. The summed E-state index contributed by atoms with van der Waals surface area (Å²) >= 11 is 0. The van der Waals surface area contributed by atoms with Crippen molar-refractivity contribution < 1.29 is 41.4 Å². The maximum Gasteiger partial charge on any atom is 0.416 e. The van der Waals surface area contributed by atoms with Crippen molar-refractivity contribution in [1.82, 2.24) is 5.32 Å². The number of urea groups is 1. The number of aryl methyl sites for hydroxylation is 1. The quantitative estimate of drug-likeness (QED) is 0.437. The number of amides is 2. The molecule has 2 aromatic carbocycles. The van der Waals surface area contributed by atoms with Crippen molar-refractivity contribution in [2.45, 2.75) is 25.2 Å². The second-order valence-corrected chi connectivity index (χ2v) is 6.75. The smallest absolute Gasteiger partial charge is 0.416 e. The molecule has 166 valence electrons. The minimum atomic E-state index is -5.01. The Labute approximate surface area is 172 Å². The summed E-state index contributed by atoms with van der Waals surface area (Å²) in [6.07, 6.45) is -6.25. The van der Waals surface area contributed by atoms with Crippen molar-refractivity contribution in [2.75, 3.05) is 11.9 Å². The van der Waals surface area contributed by atoms with Crippen LogP contribution >= 0.6 is 0 Å². The first-order valence-electron chi connectivity index (χ1n) is 8.92. The molecule has 1 aromatic heterocycles. The molecule has 0 aliphatic heterocycles. The molecule has 0 saturated heterocycles. The van der Waals surface area contributed by atoms with Gasteiger partial charge in [0.25, 0.3) is 0 Å². The maximum atomic E-state index is 13.9. The fourth-order valence-corrected chi connectivity index (χ4v) is 3.06. The normalized spacial score (nSPS) is 13.8. The number of alkyl halides is 3. The zero-order valence-corrected chi connectivity index (χ0v) is 15.9. The highest BCUT2D eigenvalue weighted by molar-refractivity contribution is 5.90. The Kier molecular flexibility index (Phi) is 6.18. The van der Waals surface area contributed by atoms with Crippen molar-refractivity contribution >= 4 is 22.7 Å². The number of hydrogen-bond acceptors (Lipinski definition) is 4. The number of hydrogen-bond donors (Lipinski definition) is 4. The van der Waals surface area contributed by atoms with E-state index in [1.165, 1.54) is 31.2 Å². The van der Waals surface area contributed by atoms with Crippen LogP contribution in [0.5, 0.6) is 0 Å². The second kappa shape index (κ2) is 8.52. The lowest BCUT2D eigenvalue weighted by molar-refractivity contribution is -0.158. The molecule has 0 bridgehead atoms. The van der Waals surface area contributed by atoms with Crippen LogP contribution in [-0.2, 0) is 0 Å². The van der Waals surface area contributed by atoms with Crippen LogP contribution in [0.3, 0.4) is 0 Å². The lowest BCUT2D eigenvalue weighted by Gasteiger charge is -2.21. The summed E-state index contributed by atoms with van der Waals surface area (Å²) < 4.78 is 73.5. The van der Waals surface area contributed by atoms with E-state index in [-0.39, 0.29) is 22.2 Å². The Balaban J connectivity index is 1.90. The highest BCUT2D eigenvalue weighted by atomic mass is 19.4. The van der Waals surface area contributed by atoms with Gasteiger partial charge in [-0.05, 0) is 30.7 Å². The van der Waals surface area contributed by atoms with Gasteiger partial charge in [-0.25, -0.2) is 13.6 Å². The highest BCUT2D eigenvalue weighted by Gasteiger charge is 2.45. The van der Waals surface area contributed by atoms with Crippen molar-refractivity contribution in [3.8, 4) is 0 Å². The average Bonchev–Trinajstić information content (AvgIpc) is 3.01. The summed E-state index contributed by atoms with van der Waals surface area (Å²) in [6, 6.07) is 2.92. The van der Waals surface area contributed by atoms with Crippen LogP contribution in [0.1, 0.15) is 29.0 Å². The number of aliphatic hydroxyl groups is 2. The molecule has 2 amide bonds. The van der Waals surface area contributed by atoms with Gasteiger partial charge in [0.15, 0.2) is 17.4 Å². The SMILES string of the molecule is Cc1c(C(NC(=O)Nc2cccc([C@H](O)CO)c2)C(F)(F)F)oc2c(F)cc(F)cc12.